The van der Waals surface area contributed by atoms with Crippen LogP contribution in [-0.4, -0.2) is 26.8 Å². The number of aromatic hydroxyl groups is 1. The fourth-order valence-corrected chi connectivity index (χ4v) is 3.18. The Morgan fingerprint density at radius 2 is 2.26 bits per heavy atom. The highest BCUT2D eigenvalue weighted by Gasteiger charge is 2.31. The second kappa shape index (κ2) is 5.94. The minimum atomic E-state index is -0.0685. The number of amides is 1. The highest BCUT2D eigenvalue weighted by molar-refractivity contribution is 8.26. The summed E-state index contributed by atoms with van der Waals surface area (Å²) in [4.78, 5) is 14.3. The van der Waals surface area contributed by atoms with Gasteiger partial charge in [0, 0.05) is 6.54 Å². The number of thioether (sulfide) groups is 1. The molecule has 1 N–H and O–H groups in total. The Bertz CT molecular complexity index is 572. The number of hydrogen-bond acceptors (Lipinski definition) is 4. The van der Waals surface area contributed by atoms with Gasteiger partial charge in [0.15, 0.2) is 0 Å². The van der Waals surface area contributed by atoms with E-state index in [-0.39, 0.29) is 16.7 Å². The molecule has 0 radical (unpaired) electrons. The minimum Gasteiger partial charge on any atom is -0.506 e. The lowest BCUT2D eigenvalue weighted by atomic mass is 10.2. The number of hydrogen-bond donors (Lipinski definition) is 1. The molecule has 1 fully saturated rings. The lowest BCUT2D eigenvalue weighted by Gasteiger charge is -2.11. The van der Waals surface area contributed by atoms with E-state index in [1.165, 1.54) is 17.8 Å². The molecular weight excluding hydrogens is 302 g/mol. The molecule has 1 aliphatic rings. The van der Waals surface area contributed by atoms with Gasteiger partial charge < -0.3 is 5.11 Å². The Labute approximate surface area is 126 Å². The molecule has 19 heavy (non-hydrogen) atoms. The smallest absolute Gasteiger partial charge is 0.266 e. The fourth-order valence-electron chi connectivity index (χ4n) is 1.68. The van der Waals surface area contributed by atoms with Crippen molar-refractivity contribution in [2.24, 2.45) is 0 Å². The van der Waals surface area contributed by atoms with Gasteiger partial charge in [-0.2, -0.15) is 0 Å². The summed E-state index contributed by atoms with van der Waals surface area (Å²) in [6, 6.07) is 4.82. The number of halogens is 1. The maximum Gasteiger partial charge on any atom is 0.266 e. The SMILES string of the molecule is CCCN1C(=O)/C(=C/c2ccc(O)c(Cl)c2)SC1=S. The molecule has 100 valence electrons. The van der Waals surface area contributed by atoms with Crippen molar-refractivity contribution in [3.8, 4) is 5.75 Å². The normalized spacial score (nSPS) is 17.6. The summed E-state index contributed by atoms with van der Waals surface area (Å²) in [6.07, 6.45) is 2.60. The first-order valence-corrected chi connectivity index (χ1v) is 7.37. The van der Waals surface area contributed by atoms with Gasteiger partial charge in [-0.25, -0.2) is 0 Å². The van der Waals surface area contributed by atoms with Crippen molar-refractivity contribution in [3.63, 3.8) is 0 Å². The average molecular weight is 314 g/mol. The number of thiocarbonyl (C=S) groups is 1. The Morgan fingerprint density at radius 1 is 1.53 bits per heavy atom. The Hall–Kier alpha value is -1.04. The van der Waals surface area contributed by atoms with E-state index in [1.54, 1.807) is 23.1 Å². The Balaban J connectivity index is 2.27. The van der Waals surface area contributed by atoms with Crippen LogP contribution in [0.2, 0.25) is 5.02 Å². The minimum absolute atomic E-state index is 0.0253. The largest absolute Gasteiger partial charge is 0.506 e. The number of nitrogens with zero attached hydrogens (tertiary/aromatic N) is 1. The zero-order valence-electron chi connectivity index (χ0n) is 10.2. The second-order valence-corrected chi connectivity index (χ2v) is 6.13. The predicted octanol–water partition coefficient (Wildman–Crippen LogP) is 3.66. The topological polar surface area (TPSA) is 40.5 Å². The zero-order valence-corrected chi connectivity index (χ0v) is 12.6. The third-order valence-electron chi connectivity index (χ3n) is 2.59. The number of phenolic OH excluding ortho intramolecular Hbond substituents is 1. The van der Waals surface area contributed by atoms with Gasteiger partial charge in [-0.1, -0.05) is 48.6 Å². The molecule has 0 bridgehead atoms. The molecule has 1 aliphatic heterocycles. The maximum atomic E-state index is 12.1. The molecule has 3 nitrogen and oxygen atoms in total. The highest BCUT2D eigenvalue weighted by Crippen LogP contribution is 2.33. The van der Waals surface area contributed by atoms with Crippen molar-refractivity contribution in [2.75, 3.05) is 6.54 Å². The Morgan fingerprint density at radius 3 is 2.89 bits per heavy atom. The van der Waals surface area contributed by atoms with Gasteiger partial charge in [0.1, 0.15) is 10.1 Å². The first-order valence-electron chi connectivity index (χ1n) is 5.77. The van der Waals surface area contributed by atoms with E-state index in [0.717, 1.165) is 12.0 Å². The van der Waals surface area contributed by atoms with Crippen LogP contribution in [0.25, 0.3) is 6.08 Å². The molecule has 0 aromatic heterocycles. The van der Waals surface area contributed by atoms with Crippen molar-refractivity contribution in [1.82, 2.24) is 4.90 Å². The quantitative estimate of drug-likeness (QED) is 0.683. The molecule has 1 aromatic carbocycles. The average Bonchev–Trinajstić information content (AvgIpc) is 2.62. The van der Waals surface area contributed by atoms with E-state index in [9.17, 15) is 9.90 Å². The molecule has 1 amide bonds. The van der Waals surface area contributed by atoms with E-state index in [1.807, 2.05) is 6.92 Å². The molecule has 1 saturated heterocycles. The lowest BCUT2D eigenvalue weighted by Crippen LogP contribution is -2.28. The fraction of sp³-hybridized carbons (Fsp3) is 0.231. The van der Waals surface area contributed by atoms with Gasteiger partial charge in [0.05, 0.1) is 9.93 Å². The standard InChI is InChI=1S/C13H12ClNO2S2/c1-2-5-15-12(17)11(19-13(15)18)7-8-3-4-10(16)9(14)6-8/h3-4,6-7,16H,2,5H2,1H3/b11-7-. The second-order valence-electron chi connectivity index (χ2n) is 4.04. The Kier molecular flexibility index (Phi) is 4.50. The van der Waals surface area contributed by atoms with Gasteiger partial charge >= 0.3 is 0 Å². The molecular formula is C13H12ClNO2S2. The van der Waals surface area contributed by atoms with Crippen LogP contribution in [0, 0.1) is 0 Å². The molecule has 0 atom stereocenters. The molecule has 1 heterocycles. The van der Waals surface area contributed by atoms with Crippen LogP contribution in [-0.2, 0) is 4.79 Å². The number of benzene rings is 1. The molecule has 6 heteroatoms. The summed E-state index contributed by atoms with van der Waals surface area (Å²) in [6.45, 7) is 2.64. The van der Waals surface area contributed by atoms with Crippen molar-refractivity contribution in [3.05, 3.63) is 33.7 Å². The monoisotopic (exact) mass is 313 g/mol. The van der Waals surface area contributed by atoms with E-state index in [4.69, 9.17) is 23.8 Å². The van der Waals surface area contributed by atoms with Crippen LogP contribution in [0.4, 0.5) is 0 Å². The van der Waals surface area contributed by atoms with Gasteiger partial charge in [-0.3, -0.25) is 9.69 Å². The van der Waals surface area contributed by atoms with Crippen LogP contribution in [0.1, 0.15) is 18.9 Å². The number of carbonyl (C=O) groups excluding carboxylic acids is 1. The van der Waals surface area contributed by atoms with E-state index >= 15 is 0 Å². The van der Waals surface area contributed by atoms with Gasteiger partial charge in [0.2, 0.25) is 0 Å². The molecule has 0 unspecified atom stereocenters. The summed E-state index contributed by atoms with van der Waals surface area (Å²) < 4.78 is 0.586. The molecule has 1 aromatic rings. The number of rotatable bonds is 3. The summed E-state index contributed by atoms with van der Waals surface area (Å²) in [5.74, 6) is -0.0432. The van der Waals surface area contributed by atoms with Crippen molar-refractivity contribution >= 4 is 51.9 Å². The van der Waals surface area contributed by atoms with Gasteiger partial charge in [-0.15, -0.1) is 0 Å². The first kappa shape index (κ1) is 14.4. The third-order valence-corrected chi connectivity index (χ3v) is 4.27. The van der Waals surface area contributed by atoms with E-state index in [0.29, 0.717) is 15.8 Å². The van der Waals surface area contributed by atoms with E-state index < -0.39 is 0 Å². The maximum absolute atomic E-state index is 12.1. The molecule has 0 spiro atoms. The van der Waals surface area contributed by atoms with Crippen molar-refractivity contribution in [2.45, 2.75) is 13.3 Å². The third kappa shape index (κ3) is 3.11. The van der Waals surface area contributed by atoms with Gasteiger partial charge in [0.25, 0.3) is 5.91 Å². The predicted molar refractivity (Wildman–Crippen MR) is 83.3 cm³/mol. The number of phenols is 1. The van der Waals surface area contributed by atoms with Crippen molar-refractivity contribution in [1.29, 1.82) is 0 Å². The van der Waals surface area contributed by atoms with E-state index in [2.05, 4.69) is 0 Å². The summed E-state index contributed by atoms with van der Waals surface area (Å²) >= 11 is 12.3. The number of carbonyl (C=O) groups is 1. The van der Waals surface area contributed by atoms with Gasteiger partial charge in [-0.05, 0) is 30.2 Å². The van der Waals surface area contributed by atoms with Crippen molar-refractivity contribution < 1.29 is 9.90 Å². The molecule has 0 saturated carbocycles. The summed E-state index contributed by atoms with van der Waals surface area (Å²) in [5.41, 5.74) is 0.764. The summed E-state index contributed by atoms with van der Waals surface area (Å²) in [7, 11) is 0. The lowest BCUT2D eigenvalue weighted by molar-refractivity contribution is -0.122. The van der Waals surface area contributed by atoms with Crippen LogP contribution in [0.15, 0.2) is 23.1 Å². The summed E-state index contributed by atoms with van der Waals surface area (Å²) in [5, 5.41) is 9.62. The van der Waals surface area contributed by atoms with Crippen LogP contribution in [0.5, 0.6) is 5.75 Å². The highest BCUT2D eigenvalue weighted by atomic mass is 35.5. The van der Waals surface area contributed by atoms with Crippen LogP contribution in [0.3, 0.4) is 0 Å². The molecule has 0 aliphatic carbocycles. The first-order chi connectivity index (χ1) is 9.02. The van der Waals surface area contributed by atoms with Crippen LogP contribution >= 0.6 is 35.6 Å². The van der Waals surface area contributed by atoms with Crippen LogP contribution < -0.4 is 0 Å². The zero-order chi connectivity index (χ0) is 14.0. The molecule has 2 rings (SSSR count).